The third kappa shape index (κ3) is 8.18. The van der Waals surface area contributed by atoms with Crippen molar-refractivity contribution in [2.45, 2.75) is 71.1 Å². The lowest BCUT2D eigenvalue weighted by Gasteiger charge is -2.27. The number of aromatic amines is 2. The first-order chi connectivity index (χ1) is 17.0. The number of amides is 3. The van der Waals surface area contributed by atoms with Crippen molar-refractivity contribution in [1.82, 2.24) is 35.9 Å². The number of hydrogen-bond donors (Lipinski definition) is 7. The lowest BCUT2D eigenvalue weighted by molar-refractivity contribution is -0.143. The number of carboxylic acids is 1. The van der Waals surface area contributed by atoms with Gasteiger partial charge in [0.05, 0.1) is 18.7 Å². The molecule has 5 unspecified atom stereocenters. The van der Waals surface area contributed by atoms with Crippen LogP contribution in [-0.4, -0.2) is 72.9 Å². The lowest BCUT2D eigenvalue weighted by atomic mass is 9.98. The van der Waals surface area contributed by atoms with E-state index in [1.807, 2.05) is 6.92 Å². The average molecular weight is 505 g/mol. The molecule has 0 spiro atoms. The summed E-state index contributed by atoms with van der Waals surface area (Å²) in [5.41, 5.74) is 7.24. The van der Waals surface area contributed by atoms with Gasteiger partial charge in [-0.15, -0.1) is 0 Å². The average Bonchev–Trinajstić information content (AvgIpc) is 3.53. The summed E-state index contributed by atoms with van der Waals surface area (Å²) in [7, 11) is 0. The zero-order valence-electron chi connectivity index (χ0n) is 20.9. The SMILES string of the molecule is CCC(C)C(NC(=O)C(Cc1cnc[nH]1)NC(=O)C(NC(=O)C(N)Cc1cnc[nH]1)C(C)C)C(=O)O. The Hall–Kier alpha value is -3.74. The third-order valence-corrected chi connectivity index (χ3v) is 5.97. The number of carboxylic acid groups (broad SMARTS) is 1. The summed E-state index contributed by atoms with van der Waals surface area (Å²) in [6, 6.07) is -4.13. The summed E-state index contributed by atoms with van der Waals surface area (Å²) in [5.74, 6) is -3.60. The first kappa shape index (κ1) is 28.5. The maximum Gasteiger partial charge on any atom is 0.326 e. The van der Waals surface area contributed by atoms with E-state index in [2.05, 4.69) is 35.9 Å². The Bertz CT molecular complexity index is 992. The van der Waals surface area contributed by atoms with E-state index in [-0.39, 0.29) is 24.7 Å². The summed E-state index contributed by atoms with van der Waals surface area (Å²) >= 11 is 0. The van der Waals surface area contributed by atoms with Crippen LogP contribution in [0.15, 0.2) is 25.0 Å². The van der Waals surface area contributed by atoms with E-state index in [0.717, 1.165) is 0 Å². The van der Waals surface area contributed by atoms with E-state index in [1.54, 1.807) is 27.0 Å². The van der Waals surface area contributed by atoms with Crippen LogP contribution >= 0.6 is 0 Å². The number of hydrogen-bond acceptors (Lipinski definition) is 7. The highest BCUT2D eigenvalue weighted by Crippen LogP contribution is 2.10. The van der Waals surface area contributed by atoms with Gasteiger partial charge < -0.3 is 36.8 Å². The molecule has 198 valence electrons. The van der Waals surface area contributed by atoms with Crippen molar-refractivity contribution in [3.05, 3.63) is 36.4 Å². The summed E-state index contributed by atoms with van der Waals surface area (Å²) < 4.78 is 0. The van der Waals surface area contributed by atoms with Crippen LogP contribution in [0.3, 0.4) is 0 Å². The van der Waals surface area contributed by atoms with Crippen LogP contribution in [0.2, 0.25) is 0 Å². The van der Waals surface area contributed by atoms with Crippen LogP contribution in [0, 0.1) is 11.8 Å². The molecule has 0 aliphatic rings. The number of aliphatic carboxylic acids is 1. The van der Waals surface area contributed by atoms with Gasteiger partial charge in [0.1, 0.15) is 18.1 Å². The van der Waals surface area contributed by atoms with Crippen molar-refractivity contribution in [3.63, 3.8) is 0 Å². The molecular weight excluding hydrogens is 468 g/mol. The molecule has 2 aromatic heterocycles. The highest BCUT2D eigenvalue weighted by Gasteiger charge is 2.33. The Morgan fingerprint density at radius 1 is 0.889 bits per heavy atom. The molecule has 13 nitrogen and oxygen atoms in total. The van der Waals surface area contributed by atoms with Gasteiger partial charge in [-0.25, -0.2) is 14.8 Å². The molecular formula is C23H36N8O5. The maximum absolute atomic E-state index is 13.2. The fourth-order valence-electron chi connectivity index (χ4n) is 3.55. The molecule has 0 radical (unpaired) electrons. The number of nitrogens with two attached hydrogens (primary N) is 1. The molecule has 0 aliphatic carbocycles. The van der Waals surface area contributed by atoms with Crippen LogP contribution in [0.5, 0.6) is 0 Å². The largest absolute Gasteiger partial charge is 0.480 e. The van der Waals surface area contributed by atoms with Gasteiger partial charge in [-0.05, 0) is 11.8 Å². The monoisotopic (exact) mass is 504 g/mol. The van der Waals surface area contributed by atoms with E-state index >= 15 is 0 Å². The van der Waals surface area contributed by atoms with Crippen LogP contribution in [-0.2, 0) is 32.0 Å². The first-order valence-corrected chi connectivity index (χ1v) is 11.9. The van der Waals surface area contributed by atoms with Gasteiger partial charge in [0.15, 0.2) is 0 Å². The fourth-order valence-corrected chi connectivity index (χ4v) is 3.55. The van der Waals surface area contributed by atoms with Gasteiger partial charge in [0.2, 0.25) is 17.7 Å². The minimum absolute atomic E-state index is 0.0442. The number of H-pyrrole nitrogens is 2. The molecule has 13 heteroatoms. The number of aromatic nitrogens is 4. The van der Waals surface area contributed by atoms with E-state index in [9.17, 15) is 24.3 Å². The summed E-state index contributed by atoms with van der Waals surface area (Å²) in [6.45, 7) is 7.04. The standard InChI is InChI=1S/C23H36N8O5/c1-5-13(4)19(23(35)36)31-21(33)17(7-15-9-26-11-28-15)29-22(34)18(12(2)3)30-20(32)16(24)6-14-8-25-10-27-14/h8-13,16-19H,5-7,24H2,1-4H3,(H,25,27)(H,26,28)(H,29,34)(H,30,32)(H,31,33)(H,35,36). The Balaban J connectivity index is 2.15. The number of carbonyl (C=O) groups is 4. The van der Waals surface area contributed by atoms with Crippen LogP contribution < -0.4 is 21.7 Å². The first-order valence-electron chi connectivity index (χ1n) is 11.9. The summed E-state index contributed by atoms with van der Waals surface area (Å²) in [4.78, 5) is 64.3. The molecule has 36 heavy (non-hydrogen) atoms. The number of carbonyl (C=O) groups excluding carboxylic acids is 3. The van der Waals surface area contributed by atoms with Gasteiger partial charge >= 0.3 is 5.97 Å². The van der Waals surface area contributed by atoms with Crippen molar-refractivity contribution < 1.29 is 24.3 Å². The normalized spacial score (nSPS) is 15.4. The quantitative estimate of drug-likeness (QED) is 0.178. The fraction of sp³-hybridized carbons (Fsp3) is 0.565. The summed E-state index contributed by atoms with van der Waals surface area (Å²) in [6.07, 6.45) is 6.76. The third-order valence-electron chi connectivity index (χ3n) is 5.97. The Morgan fingerprint density at radius 3 is 1.92 bits per heavy atom. The Kier molecular flexibility index (Phi) is 10.6. The van der Waals surface area contributed by atoms with Crippen LogP contribution in [0.4, 0.5) is 0 Å². The highest BCUT2D eigenvalue weighted by molar-refractivity contribution is 5.94. The number of nitrogens with one attached hydrogen (secondary N) is 5. The Morgan fingerprint density at radius 2 is 1.44 bits per heavy atom. The number of rotatable bonds is 14. The maximum atomic E-state index is 13.2. The molecule has 8 N–H and O–H groups in total. The van der Waals surface area contributed by atoms with Crippen molar-refractivity contribution in [2.75, 3.05) is 0 Å². The molecule has 0 fully saturated rings. The van der Waals surface area contributed by atoms with Crippen molar-refractivity contribution in [1.29, 1.82) is 0 Å². The van der Waals surface area contributed by atoms with Gasteiger partial charge in [-0.3, -0.25) is 14.4 Å². The molecule has 0 aliphatic heterocycles. The minimum atomic E-state index is -1.16. The van der Waals surface area contributed by atoms with Crippen LogP contribution in [0.25, 0.3) is 0 Å². The highest BCUT2D eigenvalue weighted by atomic mass is 16.4. The van der Waals surface area contributed by atoms with Crippen LogP contribution in [0.1, 0.15) is 45.5 Å². The number of nitrogens with zero attached hydrogens (tertiary/aromatic N) is 2. The molecule has 2 rings (SSSR count). The molecule has 0 bridgehead atoms. The smallest absolute Gasteiger partial charge is 0.326 e. The molecule has 2 aromatic rings. The second kappa shape index (κ2) is 13.4. The minimum Gasteiger partial charge on any atom is -0.480 e. The topological polar surface area (TPSA) is 208 Å². The lowest BCUT2D eigenvalue weighted by Crippen LogP contribution is -2.59. The molecule has 3 amide bonds. The molecule has 0 saturated carbocycles. The second-order valence-electron chi connectivity index (χ2n) is 9.17. The predicted octanol–water partition coefficient (Wildman–Crippen LogP) is -0.514. The molecule has 2 heterocycles. The zero-order valence-corrected chi connectivity index (χ0v) is 20.9. The molecule has 5 atom stereocenters. The van der Waals surface area contributed by atoms with Gasteiger partial charge in [-0.1, -0.05) is 34.1 Å². The van der Waals surface area contributed by atoms with E-state index in [0.29, 0.717) is 17.8 Å². The summed E-state index contributed by atoms with van der Waals surface area (Å²) in [5, 5.41) is 17.4. The van der Waals surface area contributed by atoms with E-state index < -0.39 is 47.9 Å². The van der Waals surface area contributed by atoms with E-state index in [1.165, 1.54) is 18.9 Å². The van der Waals surface area contributed by atoms with Crippen molar-refractivity contribution >= 4 is 23.7 Å². The Labute approximate surface area is 209 Å². The molecule has 0 saturated heterocycles. The van der Waals surface area contributed by atoms with Gasteiger partial charge in [0, 0.05) is 36.6 Å². The second-order valence-corrected chi connectivity index (χ2v) is 9.17. The van der Waals surface area contributed by atoms with E-state index in [4.69, 9.17) is 5.73 Å². The zero-order chi connectivity index (χ0) is 26.8. The number of imidazole rings is 2. The van der Waals surface area contributed by atoms with Crippen molar-refractivity contribution in [2.24, 2.45) is 17.6 Å². The van der Waals surface area contributed by atoms with Crippen molar-refractivity contribution in [3.8, 4) is 0 Å². The van der Waals surface area contributed by atoms with Gasteiger partial charge in [-0.2, -0.15) is 0 Å². The molecule has 0 aromatic carbocycles. The van der Waals surface area contributed by atoms with Gasteiger partial charge in [0.25, 0.3) is 0 Å². The predicted molar refractivity (Wildman–Crippen MR) is 130 cm³/mol.